The molecule has 1 saturated carbocycles. The highest BCUT2D eigenvalue weighted by atomic mass is 35.5. The van der Waals surface area contributed by atoms with Gasteiger partial charge in [-0.3, -0.25) is 9.69 Å². The highest BCUT2D eigenvalue weighted by Gasteiger charge is 2.31. The highest BCUT2D eigenvalue weighted by Crippen LogP contribution is 2.29. The first-order valence-corrected chi connectivity index (χ1v) is 11.7. The number of amides is 1. The lowest BCUT2D eigenvalue weighted by Gasteiger charge is -2.26. The van der Waals surface area contributed by atoms with Crippen LogP contribution in [-0.2, 0) is 11.3 Å². The van der Waals surface area contributed by atoms with Crippen molar-refractivity contribution in [3.05, 3.63) is 70.8 Å². The fourth-order valence-electron chi connectivity index (χ4n) is 4.05. The Labute approximate surface area is 190 Å². The van der Waals surface area contributed by atoms with E-state index in [1.54, 1.807) is 12.2 Å². The molecular formula is C26H31ClN2O2. The Kier molecular flexibility index (Phi) is 7.66. The van der Waals surface area contributed by atoms with E-state index in [1.807, 2.05) is 41.3 Å². The molecule has 164 valence electrons. The molecule has 2 fully saturated rings. The first-order valence-electron chi connectivity index (χ1n) is 11.4. The van der Waals surface area contributed by atoms with Gasteiger partial charge in [0, 0.05) is 30.2 Å². The smallest absolute Gasteiger partial charge is 0.247 e. The molecule has 2 aromatic rings. The number of benzene rings is 2. The van der Waals surface area contributed by atoms with Crippen LogP contribution in [0.3, 0.4) is 0 Å². The van der Waals surface area contributed by atoms with Crippen molar-refractivity contribution in [1.82, 2.24) is 9.80 Å². The summed E-state index contributed by atoms with van der Waals surface area (Å²) in [6.45, 7) is 4.64. The minimum Gasteiger partial charge on any atom is -0.492 e. The van der Waals surface area contributed by atoms with Crippen molar-refractivity contribution in [1.29, 1.82) is 0 Å². The Balaban J connectivity index is 1.34. The van der Waals surface area contributed by atoms with Crippen LogP contribution < -0.4 is 4.74 Å². The molecule has 0 aromatic heterocycles. The number of ether oxygens (including phenoxy) is 1. The van der Waals surface area contributed by atoms with Gasteiger partial charge in [-0.25, -0.2) is 0 Å². The third kappa shape index (κ3) is 6.59. The number of nitrogens with zero attached hydrogens (tertiary/aromatic N) is 2. The van der Waals surface area contributed by atoms with Crippen molar-refractivity contribution in [2.45, 2.75) is 44.7 Å². The molecule has 4 rings (SSSR count). The molecule has 1 amide bonds. The van der Waals surface area contributed by atoms with E-state index in [4.69, 9.17) is 16.3 Å². The van der Waals surface area contributed by atoms with Crippen LogP contribution in [0.4, 0.5) is 0 Å². The zero-order chi connectivity index (χ0) is 21.5. The number of carbonyl (C=O) groups excluding carboxylic acids is 1. The van der Waals surface area contributed by atoms with Crippen molar-refractivity contribution in [3.63, 3.8) is 0 Å². The zero-order valence-electron chi connectivity index (χ0n) is 18.0. The molecule has 0 atom stereocenters. The van der Waals surface area contributed by atoms with Gasteiger partial charge in [0.2, 0.25) is 5.91 Å². The molecule has 1 aliphatic carbocycles. The molecule has 5 heteroatoms. The standard InChI is InChI=1S/C26H31ClN2O2/c27-25-10-3-2-8-22(25)11-14-26(30)29(23-12-13-23)20-21-7-6-9-24(19-21)31-18-17-28-15-4-1-5-16-28/h2-3,6-11,14,19,23H,1,4-5,12-13,15-18,20H2/b14-11+. The summed E-state index contributed by atoms with van der Waals surface area (Å²) in [6, 6.07) is 16.0. The molecule has 31 heavy (non-hydrogen) atoms. The summed E-state index contributed by atoms with van der Waals surface area (Å²) in [5, 5.41) is 0.652. The summed E-state index contributed by atoms with van der Waals surface area (Å²) in [4.78, 5) is 17.3. The maximum absolute atomic E-state index is 12.9. The van der Waals surface area contributed by atoms with Gasteiger partial charge >= 0.3 is 0 Å². The number of hydrogen-bond donors (Lipinski definition) is 0. The average Bonchev–Trinajstić information content (AvgIpc) is 3.63. The zero-order valence-corrected chi connectivity index (χ0v) is 18.8. The first-order chi connectivity index (χ1) is 15.2. The maximum Gasteiger partial charge on any atom is 0.247 e. The summed E-state index contributed by atoms with van der Waals surface area (Å²) < 4.78 is 6.01. The van der Waals surface area contributed by atoms with Gasteiger partial charge in [-0.1, -0.05) is 48.4 Å². The van der Waals surface area contributed by atoms with Crippen molar-refractivity contribution in [2.24, 2.45) is 0 Å². The minimum atomic E-state index is 0.0267. The Morgan fingerprint density at radius 3 is 2.68 bits per heavy atom. The molecule has 0 bridgehead atoms. The van der Waals surface area contributed by atoms with Gasteiger partial charge in [0.1, 0.15) is 12.4 Å². The number of rotatable bonds is 9. The summed E-state index contributed by atoms with van der Waals surface area (Å²) in [6.07, 6.45) is 9.52. The molecule has 0 N–H and O–H groups in total. The monoisotopic (exact) mass is 438 g/mol. The van der Waals surface area contributed by atoms with Gasteiger partial charge in [-0.05, 0) is 74.2 Å². The SMILES string of the molecule is O=C(/C=C/c1ccccc1Cl)N(Cc1cccc(OCCN2CCCCC2)c1)C1CC1. The summed E-state index contributed by atoms with van der Waals surface area (Å²) in [7, 11) is 0. The number of hydrogen-bond acceptors (Lipinski definition) is 3. The highest BCUT2D eigenvalue weighted by molar-refractivity contribution is 6.32. The Hall–Kier alpha value is -2.30. The van der Waals surface area contributed by atoms with Crippen LogP contribution in [0.2, 0.25) is 5.02 Å². The molecule has 2 aliphatic rings. The van der Waals surface area contributed by atoms with Crippen molar-refractivity contribution in [2.75, 3.05) is 26.2 Å². The van der Waals surface area contributed by atoms with Gasteiger partial charge in [0.05, 0.1) is 0 Å². The number of carbonyl (C=O) groups is 1. The predicted molar refractivity (Wildman–Crippen MR) is 126 cm³/mol. The molecular weight excluding hydrogens is 408 g/mol. The van der Waals surface area contributed by atoms with Gasteiger partial charge in [-0.2, -0.15) is 0 Å². The van der Waals surface area contributed by atoms with Gasteiger partial charge in [0.15, 0.2) is 0 Å². The molecule has 1 aliphatic heterocycles. The van der Waals surface area contributed by atoms with Crippen molar-refractivity contribution in [3.8, 4) is 5.75 Å². The van der Waals surface area contributed by atoms with Crippen LogP contribution in [-0.4, -0.2) is 48.0 Å². The predicted octanol–water partition coefficient (Wildman–Crippen LogP) is 5.41. The first kappa shape index (κ1) is 21.9. The third-order valence-electron chi connectivity index (χ3n) is 5.96. The largest absolute Gasteiger partial charge is 0.492 e. The number of piperidine rings is 1. The normalized spacial score (nSPS) is 17.1. The van der Waals surface area contributed by atoms with Crippen LogP contribution in [0.25, 0.3) is 6.08 Å². The molecule has 0 spiro atoms. The number of halogens is 1. The van der Waals surface area contributed by atoms with Crippen LogP contribution in [0.5, 0.6) is 5.75 Å². The van der Waals surface area contributed by atoms with Gasteiger partial charge < -0.3 is 9.64 Å². The quantitative estimate of drug-likeness (QED) is 0.491. The fourth-order valence-corrected chi connectivity index (χ4v) is 4.24. The molecule has 0 unspecified atom stereocenters. The molecule has 4 nitrogen and oxygen atoms in total. The lowest BCUT2D eigenvalue weighted by Crippen LogP contribution is -2.33. The van der Waals surface area contributed by atoms with E-state index in [0.717, 1.165) is 36.3 Å². The van der Waals surface area contributed by atoms with E-state index in [1.165, 1.54) is 32.4 Å². The van der Waals surface area contributed by atoms with E-state index in [9.17, 15) is 4.79 Å². The Bertz CT molecular complexity index is 904. The third-order valence-corrected chi connectivity index (χ3v) is 6.30. The molecule has 1 heterocycles. The van der Waals surface area contributed by atoms with Gasteiger partial charge in [-0.15, -0.1) is 0 Å². The maximum atomic E-state index is 12.9. The van der Waals surface area contributed by atoms with Crippen LogP contribution in [0.1, 0.15) is 43.2 Å². The fraction of sp³-hybridized carbons (Fsp3) is 0.423. The average molecular weight is 439 g/mol. The Morgan fingerprint density at radius 2 is 1.90 bits per heavy atom. The lowest BCUT2D eigenvalue weighted by molar-refractivity contribution is -0.127. The second-order valence-corrected chi connectivity index (χ2v) is 8.86. The lowest BCUT2D eigenvalue weighted by atomic mass is 10.1. The Morgan fingerprint density at radius 1 is 1.10 bits per heavy atom. The summed E-state index contributed by atoms with van der Waals surface area (Å²) in [5.41, 5.74) is 1.96. The van der Waals surface area contributed by atoms with E-state index < -0.39 is 0 Å². The van der Waals surface area contributed by atoms with Gasteiger partial charge in [0.25, 0.3) is 0 Å². The second kappa shape index (κ2) is 10.8. The van der Waals surface area contributed by atoms with E-state index in [2.05, 4.69) is 17.0 Å². The topological polar surface area (TPSA) is 32.8 Å². The van der Waals surface area contributed by atoms with Crippen molar-refractivity contribution >= 4 is 23.6 Å². The number of likely N-dealkylation sites (tertiary alicyclic amines) is 1. The summed E-state index contributed by atoms with van der Waals surface area (Å²) in [5.74, 6) is 0.906. The second-order valence-electron chi connectivity index (χ2n) is 8.45. The van der Waals surface area contributed by atoms with E-state index in [0.29, 0.717) is 24.2 Å². The molecule has 0 radical (unpaired) electrons. The summed E-state index contributed by atoms with van der Waals surface area (Å²) >= 11 is 6.21. The van der Waals surface area contributed by atoms with E-state index in [-0.39, 0.29) is 5.91 Å². The minimum absolute atomic E-state index is 0.0267. The molecule has 2 aromatic carbocycles. The molecule has 1 saturated heterocycles. The van der Waals surface area contributed by atoms with Crippen LogP contribution >= 0.6 is 11.6 Å². The van der Waals surface area contributed by atoms with Crippen LogP contribution in [0, 0.1) is 0 Å². The van der Waals surface area contributed by atoms with E-state index >= 15 is 0 Å². The van der Waals surface area contributed by atoms with Crippen molar-refractivity contribution < 1.29 is 9.53 Å². The van der Waals surface area contributed by atoms with Crippen LogP contribution in [0.15, 0.2) is 54.6 Å².